The minimum atomic E-state index is -1.37. The number of aliphatic hydroxyl groups is 2. The van der Waals surface area contributed by atoms with Crippen LogP contribution in [0, 0.1) is 0 Å². The van der Waals surface area contributed by atoms with Gasteiger partial charge in [0, 0.05) is 9.79 Å². The SMILES string of the molecule is CSc1ccc(C2(O)c3ccccc3C(O)(c3ccc(SC)cc3)c3ccccc32)cc1. The third-order valence-electron chi connectivity index (χ3n) is 6.43. The number of hydrogen-bond donors (Lipinski definition) is 2. The van der Waals surface area contributed by atoms with E-state index in [-0.39, 0.29) is 0 Å². The Kier molecular flexibility index (Phi) is 5.42. The van der Waals surface area contributed by atoms with E-state index in [1.807, 2.05) is 110 Å². The minimum Gasteiger partial charge on any atom is -0.376 e. The quantitative estimate of drug-likeness (QED) is 0.369. The molecule has 0 bridgehead atoms. The van der Waals surface area contributed by atoms with Gasteiger partial charge in [-0.05, 0) is 70.2 Å². The fourth-order valence-electron chi connectivity index (χ4n) is 4.80. The van der Waals surface area contributed by atoms with Crippen LogP contribution in [0.5, 0.6) is 0 Å². The summed E-state index contributed by atoms with van der Waals surface area (Å²) in [6, 6.07) is 31.5. The van der Waals surface area contributed by atoms with E-state index in [1.54, 1.807) is 23.5 Å². The van der Waals surface area contributed by atoms with Crippen LogP contribution in [0.4, 0.5) is 0 Å². The summed E-state index contributed by atoms with van der Waals surface area (Å²) < 4.78 is 0. The fraction of sp³-hybridized carbons (Fsp3) is 0.143. The Hall–Kier alpha value is -2.50. The zero-order valence-electron chi connectivity index (χ0n) is 17.9. The fourth-order valence-corrected chi connectivity index (χ4v) is 5.62. The lowest BCUT2D eigenvalue weighted by Crippen LogP contribution is -2.44. The van der Waals surface area contributed by atoms with E-state index in [9.17, 15) is 10.2 Å². The van der Waals surface area contributed by atoms with Gasteiger partial charge in [-0.2, -0.15) is 0 Å². The maximum absolute atomic E-state index is 12.4. The molecule has 0 radical (unpaired) electrons. The Balaban J connectivity index is 1.81. The molecule has 0 saturated carbocycles. The highest BCUT2D eigenvalue weighted by Gasteiger charge is 2.50. The van der Waals surface area contributed by atoms with Gasteiger partial charge in [-0.15, -0.1) is 23.5 Å². The van der Waals surface area contributed by atoms with E-state index in [4.69, 9.17) is 0 Å². The number of benzene rings is 4. The molecule has 0 unspecified atom stereocenters. The lowest BCUT2D eigenvalue weighted by Gasteiger charge is -2.45. The Morgan fingerprint density at radius 1 is 0.469 bits per heavy atom. The summed E-state index contributed by atoms with van der Waals surface area (Å²) in [6.45, 7) is 0. The van der Waals surface area contributed by atoms with Crippen LogP contribution in [0.3, 0.4) is 0 Å². The summed E-state index contributed by atoms with van der Waals surface area (Å²) in [6.07, 6.45) is 4.08. The van der Waals surface area contributed by atoms with Crippen molar-refractivity contribution in [2.75, 3.05) is 12.5 Å². The van der Waals surface area contributed by atoms with Gasteiger partial charge in [0.2, 0.25) is 0 Å². The molecule has 0 amide bonds. The van der Waals surface area contributed by atoms with E-state index in [2.05, 4.69) is 0 Å². The van der Waals surface area contributed by atoms with E-state index in [0.717, 1.165) is 20.9 Å². The summed E-state index contributed by atoms with van der Waals surface area (Å²) in [5.41, 5.74) is 1.65. The first-order valence-corrected chi connectivity index (χ1v) is 12.9. The third-order valence-corrected chi connectivity index (χ3v) is 7.92. The standard InChI is InChI=1S/C28H24O2S2/c1-31-21-15-11-19(12-16-21)27(29)23-7-3-5-9-25(23)28(30,26-10-6-4-8-24(26)27)20-13-17-22(32-2)18-14-20/h3-18,29-30H,1-2H3. The molecule has 32 heavy (non-hydrogen) atoms. The number of rotatable bonds is 4. The smallest absolute Gasteiger partial charge is 0.141 e. The van der Waals surface area contributed by atoms with Crippen LogP contribution >= 0.6 is 23.5 Å². The monoisotopic (exact) mass is 456 g/mol. The van der Waals surface area contributed by atoms with Gasteiger partial charge in [0.25, 0.3) is 0 Å². The molecule has 0 heterocycles. The summed E-state index contributed by atoms with van der Waals surface area (Å²) >= 11 is 3.34. The molecule has 4 aromatic carbocycles. The van der Waals surface area contributed by atoms with E-state index < -0.39 is 11.2 Å². The molecule has 0 aliphatic heterocycles. The number of hydrogen-bond acceptors (Lipinski definition) is 4. The molecule has 5 rings (SSSR count). The topological polar surface area (TPSA) is 40.5 Å². The Morgan fingerprint density at radius 2 is 0.750 bits per heavy atom. The molecule has 0 fully saturated rings. The molecule has 0 aromatic heterocycles. The predicted molar refractivity (Wildman–Crippen MR) is 134 cm³/mol. The van der Waals surface area contributed by atoms with Gasteiger partial charge in [-0.1, -0.05) is 72.8 Å². The van der Waals surface area contributed by atoms with Crippen molar-refractivity contribution in [3.05, 3.63) is 130 Å². The van der Waals surface area contributed by atoms with Gasteiger partial charge in [-0.25, -0.2) is 0 Å². The van der Waals surface area contributed by atoms with Crippen LogP contribution in [-0.2, 0) is 11.2 Å². The molecule has 4 aromatic rings. The maximum Gasteiger partial charge on any atom is 0.141 e. The first kappa shape index (κ1) is 21.4. The van der Waals surface area contributed by atoms with Crippen molar-refractivity contribution in [2.24, 2.45) is 0 Å². The average Bonchev–Trinajstić information content (AvgIpc) is 2.87. The largest absolute Gasteiger partial charge is 0.376 e. The van der Waals surface area contributed by atoms with Crippen LogP contribution in [0.25, 0.3) is 0 Å². The van der Waals surface area contributed by atoms with Crippen molar-refractivity contribution in [1.29, 1.82) is 0 Å². The second-order valence-electron chi connectivity index (χ2n) is 7.97. The van der Waals surface area contributed by atoms with Gasteiger partial charge in [0.1, 0.15) is 11.2 Å². The van der Waals surface area contributed by atoms with Gasteiger partial charge in [0.15, 0.2) is 0 Å². The van der Waals surface area contributed by atoms with Crippen molar-refractivity contribution in [1.82, 2.24) is 0 Å². The van der Waals surface area contributed by atoms with Crippen LogP contribution in [0.2, 0.25) is 0 Å². The Morgan fingerprint density at radius 3 is 1.00 bits per heavy atom. The normalized spacial score (nSPS) is 21.6. The Bertz CT molecular complexity index is 1120. The van der Waals surface area contributed by atoms with Crippen LogP contribution in [0.15, 0.2) is 107 Å². The van der Waals surface area contributed by atoms with E-state index >= 15 is 0 Å². The molecule has 160 valence electrons. The van der Waals surface area contributed by atoms with Crippen molar-refractivity contribution in [3.8, 4) is 0 Å². The molecule has 1 aliphatic rings. The van der Waals surface area contributed by atoms with Gasteiger partial charge >= 0.3 is 0 Å². The average molecular weight is 457 g/mol. The summed E-state index contributed by atoms with van der Waals surface area (Å²) in [5.74, 6) is 0. The minimum absolute atomic E-state index is 0.701. The first-order chi connectivity index (χ1) is 15.5. The van der Waals surface area contributed by atoms with Gasteiger partial charge in [0.05, 0.1) is 0 Å². The molecule has 1 aliphatic carbocycles. The molecule has 0 saturated heterocycles. The highest BCUT2D eigenvalue weighted by Crippen LogP contribution is 2.53. The molecule has 0 atom stereocenters. The summed E-state index contributed by atoms with van der Waals surface area (Å²) in [5, 5.41) is 24.7. The maximum atomic E-state index is 12.4. The van der Waals surface area contributed by atoms with Gasteiger partial charge < -0.3 is 10.2 Å². The van der Waals surface area contributed by atoms with Crippen LogP contribution in [0.1, 0.15) is 33.4 Å². The third kappa shape index (κ3) is 3.06. The van der Waals surface area contributed by atoms with Crippen molar-refractivity contribution >= 4 is 23.5 Å². The highest BCUT2D eigenvalue weighted by atomic mass is 32.2. The van der Waals surface area contributed by atoms with Crippen molar-refractivity contribution in [3.63, 3.8) is 0 Å². The van der Waals surface area contributed by atoms with Crippen LogP contribution in [-0.4, -0.2) is 22.7 Å². The molecule has 4 heteroatoms. The van der Waals surface area contributed by atoms with Crippen molar-refractivity contribution < 1.29 is 10.2 Å². The van der Waals surface area contributed by atoms with E-state index in [1.165, 1.54) is 0 Å². The molecule has 2 nitrogen and oxygen atoms in total. The second kappa shape index (κ2) is 8.13. The predicted octanol–water partition coefficient (Wildman–Crippen LogP) is 6.01. The summed E-state index contributed by atoms with van der Waals surface area (Å²) in [4.78, 5) is 2.28. The lowest BCUT2D eigenvalue weighted by molar-refractivity contribution is 0.0747. The summed E-state index contributed by atoms with van der Waals surface area (Å²) in [7, 11) is 0. The van der Waals surface area contributed by atoms with E-state index in [0.29, 0.717) is 22.3 Å². The lowest BCUT2D eigenvalue weighted by atomic mass is 9.63. The molecular weight excluding hydrogens is 432 g/mol. The molecule has 0 spiro atoms. The van der Waals surface area contributed by atoms with Crippen LogP contribution < -0.4 is 0 Å². The Labute approximate surface area is 197 Å². The zero-order valence-corrected chi connectivity index (χ0v) is 19.6. The molecule has 2 N–H and O–H groups in total. The number of fused-ring (bicyclic) bond motifs is 2. The highest BCUT2D eigenvalue weighted by molar-refractivity contribution is 7.98. The van der Waals surface area contributed by atoms with Crippen molar-refractivity contribution in [2.45, 2.75) is 21.0 Å². The molecular formula is C28H24O2S2. The second-order valence-corrected chi connectivity index (χ2v) is 9.73. The van der Waals surface area contributed by atoms with Gasteiger partial charge in [-0.3, -0.25) is 0 Å². The first-order valence-electron chi connectivity index (χ1n) is 10.5. The number of thioether (sulfide) groups is 2. The zero-order chi connectivity index (χ0) is 22.3.